The predicted octanol–water partition coefficient (Wildman–Crippen LogP) is 0.415. The molecule has 0 amide bonds. The average molecular weight is 202 g/mol. The van der Waals surface area contributed by atoms with E-state index in [0.717, 1.165) is 25.7 Å². The standard InChI is InChI=1S/C10H18O4/c11-6-8(12)9-7-13-10(14-9)4-2-1-3-5-10/h8-9,11-12H,1-7H2/t8-,9+/m1/s1. The first-order valence-corrected chi connectivity index (χ1v) is 5.36. The molecule has 0 bridgehead atoms. The Hall–Kier alpha value is -0.160. The Morgan fingerprint density at radius 2 is 2.00 bits per heavy atom. The Labute approximate surface area is 83.8 Å². The quantitative estimate of drug-likeness (QED) is 0.681. The third-order valence-electron chi connectivity index (χ3n) is 3.11. The summed E-state index contributed by atoms with van der Waals surface area (Å²) in [5, 5.41) is 18.2. The predicted molar refractivity (Wildman–Crippen MR) is 49.7 cm³/mol. The van der Waals surface area contributed by atoms with Crippen LogP contribution in [0.15, 0.2) is 0 Å². The molecule has 0 aromatic heterocycles. The molecular formula is C10H18O4. The smallest absolute Gasteiger partial charge is 0.169 e. The van der Waals surface area contributed by atoms with Gasteiger partial charge in [-0.15, -0.1) is 0 Å². The molecule has 1 aliphatic carbocycles. The fourth-order valence-corrected chi connectivity index (χ4v) is 2.24. The lowest BCUT2D eigenvalue weighted by Crippen LogP contribution is -2.37. The Morgan fingerprint density at radius 1 is 1.29 bits per heavy atom. The molecule has 1 saturated carbocycles. The molecule has 1 heterocycles. The van der Waals surface area contributed by atoms with E-state index in [-0.39, 0.29) is 12.7 Å². The summed E-state index contributed by atoms with van der Waals surface area (Å²) in [6.07, 6.45) is 4.17. The second-order valence-electron chi connectivity index (χ2n) is 4.19. The van der Waals surface area contributed by atoms with E-state index in [1.165, 1.54) is 6.42 Å². The van der Waals surface area contributed by atoms with Gasteiger partial charge in [0.15, 0.2) is 5.79 Å². The Morgan fingerprint density at radius 3 is 2.64 bits per heavy atom. The van der Waals surface area contributed by atoms with Gasteiger partial charge in [-0.3, -0.25) is 0 Å². The molecule has 0 aromatic carbocycles. The van der Waals surface area contributed by atoms with Crippen molar-refractivity contribution < 1.29 is 19.7 Å². The van der Waals surface area contributed by atoms with Gasteiger partial charge in [0.05, 0.1) is 13.2 Å². The van der Waals surface area contributed by atoms with Crippen molar-refractivity contribution in [1.82, 2.24) is 0 Å². The minimum atomic E-state index is -0.809. The van der Waals surface area contributed by atoms with Crippen LogP contribution in [0.25, 0.3) is 0 Å². The first kappa shape index (κ1) is 10.4. The SMILES string of the molecule is OC[C@@H](O)[C@@H]1COC2(CCCCC2)O1. The van der Waals surface area contributed by atoms with Gasteiger partial charge in [0.2, 0.25) is 0 Å². The van der Waals surface area contributed by atoms with E-state index >= 15 is 0 Å². The van der Waals surface area contributed by atoms with Gasteiger partial charge < -0.3 is 19.7 Å². The van der Waals surface area contributed by atoms with E-state index in [1.54, 1.807) is 0 Å². The molecule has 2 rings (SSSR count). The van der Waals surface area contributed by atoms with Gasteiger partial charge in [-0.1, -0.05) is 6.42 Å². The molecule has 1 saturated heterocycles. The zero-order valence-corrected chi connectivity index (χ0v) is 8.32. The fraction of sp³-hybridized carbons (Fsp3) is 1.00. The van der Waals surface area contributed by atoms with E-state index in [2.05, 4.69) is 0 Å². The van der Waals surface area contributed by atoms with Gasteiger partial charge >= 0.3 is 0 Å². The topological polar surface area (TPSA) is 58.9 Å². The Bertz CT molecular complexity index is 189. The number of aliphatic hydroxyl groups is 2. The summed E-state index contributed by atoms with van der Waals surface area (Å²) in [5.74, 6) is -0.445. The Balaban J connectivity index is 1.92. The highest BCUT2D eigenvalue weighted by Crippen LogP contribution is 2.38. The molecule has 2 atom stereocenters. The van der Waals surface area contributed by atoms with Crippen LogP contribution >= 0.6 is 0 Å². The maximum atomic E-state index is 9.42. The molecule has 2 N–H and O–H groups in total. The third kappa shape index (κ3) is 1.93. The van der Waals surface area contributed by atoms with Gasteiger partial charge in [-0.05, 0) is 12.8 Å². The van der Waals surface area contributed by atoms with E-state index < -0.39 is 11.9 Å². The second-order valence-corrected chi connectivity index (χ2v) is 4.19. The van der Waals surface area contributed by atoms with Crippen LogP contribution in [0.5, 0.6) is 0 Å². The average Bonchev–Trinajstić information content (AvgIpc) is 2.62. The summed E-state index contributed by atoms with van der Waals surface area (Å²) in [6, 6.07) is 0. The molecular weight excluding hydrogens is 184 g/mol. The molecule has 0 unspecified atom stereocenters. The van der Waals surface area contributed by atoms with E-state index in [1.807, 2.05) is 0 Å². The van der Waals surface area contributed by atoms with E-state index in [9.17, 15) is 5.11 Å². The third-order valence-corrected chi connectivity index (χ3v) is 3.11. The zero-order chi connectivity index (χ0) is 10.0. The summed E-state index contributed by atoms with van der Waals surface area (Å²) in [4.78, 5) is 0. The monoisotopic (exact) mass is 202 g/mol. The maximum Gasteiger partial charge on any atom is 0.169 e. The largest absolute Gasteiger partial charge is 0.394 e. The van der Waals surface area contributed by atoms with Gasteiger partial charge in [0, 0.05) is 12.8 Å². The van der Waals surface area contributed by atoms with Crippen molar-refractivity contribution in [1.29, 1.82) is 0 Å². The summed E-state index contributed by atoms with van der Waals surface area (Å²) >= 11 is 0. The first-order chi connectivity index (χ1) is 6.76. The number of ether oxygens (including phenoxy) is 2. The first-order valence-electron chi connectivity index (χ1n) is 5.36. The summed E-state index contributed by atoms with van der Waals surface area (Å²) in [5.41, 5.74) is 0. The lowest BCUT2D eigenvalue weighted by atomic mass is 9.94. The maximum absolute atomic E-state index is 9.42. The minimum absolute atomic E-state index is 0.260. The fourth-order valence-electron chi connectivity index (χ4n) is 2.24. The van der Waals surface area contributed by atoms with Crippen molar-refractivity contribution in [3.8, 4) is 0 Å². The van der Waals surface area contributed by atoms with Gasteiger partial charge in [-0.2, -0.15) is 0 Å². The molecule has 82 valence electrons. The highest BCUT2D eigenvalue weighted by molar-refractivity contribution is 4.84. The Kier molecular flexibility index (Phi) is 3.07. The van der Waals surface area contributed by atoms with Crippen molar-refractivity contribution >= 4 is 0 Å². The van der Waals surface area contributed by atoms with Crippen LogP contribution in [0, 0.1) is 0 Å². The summed E-state index contributed by atoms with van der Waals surface area (Å²) in [6.45, 7) is 0.145. The van der Waals surface area contributed by atoms with Gasteiger partial charge in [0.25, 0.3) is 0 Å². The van der Waals surface area contributed by atoms with Crippen LogP contribution < -0.4 is 0 Å². The van der Waals surface area contributed by atoms with Crippen molar-refractivity contribution in [3.63, 3.8) is 0 Å². The van der Waals surface area contributed by atoms with Crippen LogP contribution in [-0.2, 0) is 9.47 Å². The van der Waals surface area contributed by atoms with Crippen LogP contribution in [0.4, 0.5) is 0 Å². The highest BCUT2D eigenvalue weighted by Gasteiger charge is 2.44. The summed E-state index contributed by atoms with van der Waals surface area (Å²) < 4.78 is 11.3. The molecule has 0 radical (unpaired) electrons. The van der Waals surface area contributed by atoms with Crippen molar-refractivity contribution in [2.45, 2.75) is 50.1 Å². The molecule has 1 spiro atoms. The van der Waals surface area contributed by atoms with Crippen molar-refractivity contribution in [2.24, 2.45) is 0 Å². The van der Waals surface area contributed by atoms with Crippen molar-refractivity contribution in [2.75, 3.05) is 13.2 Å². The molecule has 2 aliphatic rings. The molecule has 1 aliphatic heterocycles. The minimum Gasteiger partial charge on any atom is -0.394 e. The van der Waals surface area contributed by atoms with Crippen LogP contribution in [0.2, 0.25) is 0 Å². The molecule has 0 aromatic rings. The lowest BCUT2D eigenvalue weighted by Gasteiger charge is -2.32. The van der Waals surface area contributed by atoms with Gasteiger partial charge in [-0.25, -0.2) is 0 Å². The molecule has 4 heteroatoms. The lowest BCUT2D eigenvalue weighted by molar-refractivity contribution is -0.197. The van der Waals surface area contributed by atoms with Crippen LogP contribution in [-0.4, -0.2) is 41.4 Å². The highest BCUT2D eigenvalue weighted by atomic mass is 16.7. The van der Waals surface area contributed by atoms with Crippen LogP contribution in [0.1, 0.15) is 32.1 Å². The molecule has 14 heavy (non-hydrogen) atoms. The molecule has 4 nitrogen and oxygen atoms in total. The summed E-state index contributed by atoms with van der Waals surface area (Å²) in [7, 11) is 0. The number of hydrogen-bond acceptors (Lipinski definition) is 4. The van der Waals surface area contributed by atoms with E-state index in [0.29, 0.717) is 6.61 Å². The van der Waals surface area contributed by atoms with Crippen LogP contribution in [0.3, 0.4) is 0 Å². The van der Waals surface area contributed by atoms with E-state index in [4.69, 9.17) is 14.6 Å². The zero-order valence-electron chi connectivity index (χ0n) is 8.32. The second kappa shape index (κ2) is 4.14. The molecule has 2 fully saturated rings. The normalized spacial score (nSPS) is 33.4. The number of hydrogen-bond donors (Lipinski definition) is 2. The van der Waals surface area contributed by atoms with Gasteiger partial charge in [0.1, 0.15) is 12.2 Å². The van der Waals surface area contributed by atoms with Crippen molar-refractivity contribution in [3.05, 3.63) is 0 Å². The number of rotatable bonds is 2. The number of aliphatic hydroxyl groups excluding tert-OH is 2.